The van der Waals surface area contributed by atoms with Crippen molar-refractivity contribution in [3.63, 3.8) is 0 Å². The van der Waals surface area contributed by atoms with Gasteiger partial charge in [0.05, 0.1) is 18.5 Å². The van der Waals surface area contributed by atoms with E-state index in [0.717, 1.165) is 48.9 Å². The number of hydrogen-bond donors (Lipinski definition) is 3. The molecule has 39 heavy (non-hydrogen) atoms. The van der Waals surface area contributed by atoms with Crippen LogP contribution in [-0.2, 0) is 17.6 Å². The van der Waals surface area contributed by atoms with E-state index in [4.69, 9.17) is 9.72 Å². The zero-order valence-corrected chi connectivity index (χ0v) is 23.5. The molecule has 2 aromatic heterocycles. The standard InChI is InChI=1S/C31H41N5O3/c1-21(37)35-26(15-22-7-5-8-24(13-22)36-12-11-32-20-36)28(38)19-33-27-17-31(9-6-10-31)39-29-25(27)14-23(18-34-29)16-30(2,3)4/h5,7-8,11-14,18,20,26-28,33,38H,6,9-10,15-17,19H2,1-4H3,(H,35,37)/t26?,27-,28+/m0/s1. The minimum atomic E-state index is -0.778. The molecule has 3 aromatic rings. The Morgan fingerprint density at radius 1 is 1.26 bits per heavy atom. The number of aromatic nitrogens is 3. The molecule has 8 nitrogen and oxygen atoms in total. The predicted octanol–water partition coefficient (Wildman–Crippen LogP) is 4.30. The van der Waals surface area contributed by atoms with Gasteiger partial charge in [-0.25, -0.2) is 9.97 Å². The number of benzene rings is 1. The van der Waals surface area contributed by atoms with E-state index in [0.29, 0.717) is 18.8 Å². The van der Waals surface area contributed by atoms with E-state index in [1.807, 2.05) is 35.2 Å². The summed E-state index contributed by atoms with van der Waals surface area (Å²) in [6.07, 6.45) is 12.1. The molecule has 0 radical (unpaired) electrons. The van der Waals surface area contributed by atoms with Gasteiger partial charge in [0, 0.05) is 55.8 Å². The van der Waals surface area contributed by atoms with E-state index in [1.54, 1.807) is 12.5 Å². The van der Waals surface area contributed by atoms with Crippen LogP contribution in [0.2, 0.25) is 0 Å². The number of carbonyl (C=O) groups is 1. The molecule has 1 fully saturated rings. The fourth-order valence-corrected chi connectivity index (χ4v) is 5.81. The van der Waals surface area contributed by atoms with Crippen molar-refractivity contribution in [1.82, 2.24) is 25.2 Å². The van der Waals surface area contributed by atoms with Gasteiger partial charge in [0.2, 0.25) is 11.8 Å². The van der Waals surface area contributed by atoms with Gasteiger partial charge in [-0.3, -0.25) is 4.79 Å². The second-order valence-corrected chi connectivity index (χ2v) is 12.5. The molecule has 1 aliphatic heterocycles. The molecule has 1 aromatic carbocycles. The first-order valence-electron chi connectivity index (χ1n) is 14.0. The van der Waals surface area contributed by atoms with Crippen LogP contribution in [0.1, 0.15) is 76.1 Å². The number of nitrogens with zero attached hydrogens (tertiary/aromatic N) is 3. The third kappa shape index (κ3) is 6.68. The summed E-state index contributed by atoms with van der Waals surface area (Å²) in [5, 5.41) is 17.9. The number of nitrogens with one attached hydrogen (secondary N) is 2. The van der Waals surface area contributed by atoms with Crippen molar-refractivity contribution in [3.05, 3.63) is 71.9 Å². The van der Waals surface area contributed by atoms with Crippen molar-refractivity contribution in [2.75, 3.05) is 6.54 Å². The Kier molecular flexibility index (Phi) is 7.78. The van der Waals surface area contributed by atoms with Gasteiger partial charge in [0.25, 0.3) is 0 Å². The lowest BCUT2D eigenvalue weighted by molar-refractivity contribution is -0.120. The SMILES string of the molecule is CC(=O)NC(Cc1cccc(-n2ccnc2)c1)[C@H](O)CN[C@H]1CC2(CCC2)Oc2ncc(CC(C)(C)C)cc21. The minimum absolute atomic E-state index is 0.0265. The van der Waals surface area contributed by atoms with E-state index in [1.165, 1.54) is 12.5 Å². The molecule has 1 saturated carbocycles. The fourth-order valence-electron chi connectivity index (χ4n) is 5.81. The molecule has 1 spiro atoms. The topological polar surface area (TPSA) is 101 Å². The van der Waals surface area contributed by atoms with Gasteiger partial charge < -0.3 is 25.0 Å². The Morgan fingerprint density at radius 2 is 2.08 bits per heavy atom. The molecule has 3 atom stereocenters. The highest BCUT2D eigenvalue weighted by molar-refractivity contribution is 5.73. The van der Waals surface area contributed by atoms with E-state index >= 15 is 0 Å². The largest absolute Gasteiger partial charge is 0.471 e. The highest BCUT2D eigenvalue weighted by Crippen LogP contribution is 2.48. The number of fused-ring (bicyclic) bond motifs is 1. The summed E-state index contributed by atoms with van der Waals surface area (Å²) in [6.45, 7) is 8.52. The molecule has 2 aliphatic rings. The summed E-state index contributed by atoms with van der Waals surface area (Å²) in [4.78, 5) is 20.9. The smallest absolute Gasteiger partial charge is 0.218 e. The average Bonchev–Trinajstić information content (AvgIpc) is 3.40. The number of aliphatic hydroxyl groups is 1. The number of rotatable bonds is 9. The lowest BCUT2D eigenvalue weighted by Gasteiger charge is -2.47. The summed E-state index contributed by atoms with van der Waals surface area (Å²) < 4.78 is 8.36. The zero-order chi connectivity index (χ0) is 27.6. The third-order valence-corrected chi connectivity index (χ3v) is 7.79. The first kappa shape index (κ1) is 27.3. The number of carbonyl (C=O) groups excluding carboxylic acids is 1. The minimum Gasteiger partial charge on any atom is -0.471 e. The van der Waals surface area contributed by atoms with Crippen LogP contribution in [0.15, 0.2) is 55.2 Å². The van der Waals surface area contributed by atoms with Gasteiger partial charge in [-0.1, -0.05) is 32.9 Å². The molecule has 3 N–H and O–H groups in total. The maximum absolute atomic E-state index is 12.1. The van der Waals surface area contributed by atoms with Crippen LogP contribution < -0.4 is 15.4 Å². The first-order valence-corrected chi connectivity index (χ1v) is 14.0. The second-order valence-electron chi connectivity index (χ2n) is 12.5. The summed E-state index contributed by atoms with van der Waals surface area (Å²) in [6, 6.07) is 9.89. The Morgan fingerprint density at radius 3 is 2.74 bits per heavy atom. The van der Waals surface area contributed by atoms with Crippen LogP contribution in [0, 0.1) is 5.41 Å². The monoisotopic (exact) mass is 531 g/mol. The number of hydrogen-bond acceptors (Lipinski definition) is 6. The van der Waals surface area contributed by atoms with Gasteiger partial charge in [0.1, 0.15) is 5.60 Å². The van der Waals surface area contributed by atoms with Crippen molar-refractivity contribution in [3.8, 4) is 11.6 Å². The molecule has 1 unspecified atom stereocenters. The highest BCUT2D eigenvalue weighted by atomic mass is 16.5. The summed E-state index contributed by atoms with van der Waals surface area (Å²) >= 11 is 0. The van der Waals surface area contributed by atoms with Crippen LogP contribution in [0.3, 0.4) is 0 Å². The molecule has 1 amide bonds. The van der Waals surface area contributed by atoms with Crippen molar-refractivity contribution in [2.45, 2.75) is 90.0 Å². The van der Waals surface area contributed by atoms with Gasteiger partial charge in [-0.15, -0.1) is 0 Å². The van der Waals surface area contributed by atoms with E-state index < -0.39 is 12.1 Å². The van der Waals surface area contributed by atoms with Gasteiger partial charge in [-0.05, 0) is 66.8 Å². The zero-order valence-electron chi connectivity index (χ0n) is 23.5. The van der Waals surface area contributed by atoms with Crippen molar-refractivity contribution >= 4 is 5.91 Å². The van der Waals surface area contributed by atoms with Gasteiger partial charge >= 0.3 is 0 Å². The third-order valence-electron chi connectivity index (χ3n) is 7.79. The number of ether oxygens (including phenoxy) is 1. The van der Waals surface area contributed by atoms with E-state index in [9.17, 15) is 9.90 Å². The molecule has 5 rings (SSSR count). The lowest BCUT2D eigenvalue weighted by Crippen LogP contribution is -2.52. The van der Waals surface area contributed by atoms with Crippen molar-refractivity contribution in [2.24, 2.45) is 5.41 Å². The Bertz CT molecular complexity index is 1280. The average molecular weight is 532 g/mol. The quantitative estimate of drug-likeness (QED) is 0.381. The first-order chi connectivity index (χ1) is 18.6. The Balaban J connectivity index is 1.31. The fraction of sp³-hybridized carbons (Fsp3) is 0.516. The lowest BCUT2D eigenvalue weighted by atomic mass is 9.73. The van der Waals surface area contributed by atoms with Crippen LogP contribution in [0.4, 0.5) is 0 Å². The Labute approximate surface area is 231 Å². The van der Waals surface area contributed by atoms with Gasteiger partial charge in [-0.2, -0.15) is 0 Å². The normalized spacial score (nSPS) is 19.5. The molecular weight excluding hydrogens is 490 g/mol. The maximum atomic E-state index is 12.1. The molecule has 0 bridgehead atoms. The van der Waals surface area contributed by atoms with Gasteiger partial charge in [0.15, 0.2) is 0 Å². The van der Waals surface area contributed by atoms with E-state index in [-0.39, 0.29) is 23.0 Å². The number of amides is 1. The molecule has 0 saturated heterocycles. The number of imidazole rings is 1. The molecule has 8 heteroatoms. The summed E-state index contributed by atoms with van der Waals surface area (Å²) in [5.74, 6) is 0.547. The predicted molar refractivity (Wildman–Crippen MR) is 151 cm³/mol. The highest BCUT2D eigenvalue weighted by Gasteiger charge is 2.46. The summed E-state index contributed by atoms with van der Waals surface area (Å²) in [5.41, 5.74) is 4.25. The second kappa shape index (κ2) is 11.1. The van der Waals surface area contributed by atoms with Crippen LogP contribution in [-0.4, -0.2) is 49.8 Å². The van der Waals surface area contributed by atoms with Crippen molar-refractivity contribution in [1.29, 1.82) is 0 Å². The number of aliphatic hydroxyl groups excluding tert-OH is 1. The van der Waals surface area contributed by atoms with Crippen molar-refractivity contribution < 1.29 is 14.6 Å². The maximum Gasteiger partial charge on any atom is 0.218 e. The van der Waals surface area contributed by atoms with E-state index in [2.05, 4.69) is 48.5 Å². The Hall–Kier alpha value is -3.23. The number of pyridine rings is 1. The molecular formula is C31H41N5O3. The van der Waals surface area contributed by atoms with Crippen LogP contribution in [0.25, 0.3) is 5.69 Å². The molecule has 1 aliphatic carbocycles. The molecule has 208 valence electrons. The molecule has 3 heterocycles. The summed E-state index contributed by atoms with van der Waals surface area (Å²) in [7, 11) is 0. The van der Waals surface area contributed by atoms with Crippen LogP contribution in [0.5, 0.6) is 5.88 Å². The van der Waals surface area contributed by atoms with Crippen LogP contribution >= 0.6 is 0 Å².